The highest BCUT2D eigenvalue weighted by molar-refractivity contribution is 5.28. The highest BCUT2D eigenvalue weighted by Gasteiger charge is 2.22. The summed E-state index contributed by atoms with van der Waals surface area (Å²) in [5.74, 6) is 0.651. The van der Waals surface area contributed by atoms with E-state index >= 15 is 0 Å². The zero-order chi connectivity index (χ0) is 9.80. The summed E-state index contributed by atoms with van der Waals surface area (Å²) < 4.78 is 0. The van der Waals surface area contributed by atoms with Crippen molar-refractivity contribution >= 4 is 0 Å². The Labute approximate surface area is 85.7 Å². The summed E-state index contributed by atoms with van der Waals surface area (Å²) in [5.41, 5.74) is 2.78. The van der Waals surface area contributed by atoms with Crippen molar-refractivity contribution in [1.29, 1.82) is 0 Å². The van der Waals surface area contributed by atoms with Gasteiger partial charge in [0.05, 0.1) is 0 Å². The molecule has 0 aliphatic heterocycles. The van der Waals surface area contributed by atoms with Gasteiger partial charge in [-0.25, -0.2) is 0 Å². The SMILES string of the molecule is CCCNCC1CCc2cccnc21. The summed E-state index contributed by atoms with van der Waals surface area (Å²) in [4.78, 5) is 4.48. The molecule has 0 bridgehead atoms. The van der Waals surface area contributed by atoms with Crippen LogP contribution in [0.3, 0.4) is 0 Å². The molecule has 0 radical (unpaired) electrons. The Bertz CT molecular complexity index is 296. The van der Waals surface area contributed by atoms with Crippen LogP contribution in [0.4, 0.5) is 0 Å². The fraction of sp³-hybridized carbons (Fsp3) is 0.583. The molecule has 1 unspecified atom stereocenters. The smallest absolute Gasteiger partial charge is 0.0479 e. The van der Waals surface area contributed by atoms with Gasteiger partial charge in [-0.3, -0.25) is 4.98 Å². The molecule has 2 heteroatoms. The molecule has 1 aliphatic carbocycles. The molecule has 1 heterocycles. The number of nitrogens with one attached hydrogen (secondary N) is 1. The van der Waals surface area contributed by atoms with E-state index in [9.17, 15) is 0 Å². The molecule has 1 aliphatic rings. The van der Waals surface area contributed by atoms with E-state index in [2.05, 4.69) is 23.3 Å². The van der Waals surface area contributed by atoms with Gasteiger partial charge in [0.15, 0.2) is 0 Å². The molecule has 2 nitrogen and oxygen atoms in total. The van der Waals surface area contributed by atoms with Crippen LogP contribution >= 0.6 is 0 Å². The van der Waals surface area contributed by atoms with Crippen molar-refractivity contribution in [2.75, 3.05) is 13.1 Å². The van der Waals surface area contributed by atoms with Gasteiger partial charge >= 0.3 is 0 Å². The van der Waals surface area contributed by atoms with Crippen molar-refractivity contribution in [1.82, 2.24) is 10.3 Å². The predicted octanol–water partition coefficient (Wildman–Crippen LogP) is 2.11. The first-order valence-electron chi connectivity index (χ1n) is 5.56. The van der Waals surface area contributed by atoms with Crippen molar-refractivity contribution in [3.05, 3.63) is 29.6 Å². The van der Waals surface area contributed by atoms with Crippen LogP contribution in [0.15, 0.2) is 18.3 Å². The number of aromatic nitrogens is 1. The molecular weight excluding hydrogens is 172 g/mol. The van der Waals surface area contributed by atoms with E-state index in [1.165, 1.54) is 30.5 Å². The minimum atomic E-state index is 0.651. The van der Waals surface area contributed by atoms with Crippen LogP contribution in [0.1, 0.15) is 36.9 Å². The van der Waals surface area contributed by atoms with E-state index in [4.69, 9.17) is 0 Å². The third-order valence-corrected chi connectivity index (χ3v) is 2.89. The Morgan fingerprint density at radius 1 is 1.57 bits per heavy atom. The second-order valence-electron chi connectivity index (χ2n) is 3.99. The molecular formula is C12H18N2. The topological polar surface area (TPSA) is 24.9 Å². The second-order valence-corrected chi connectivity index (χ2v) is 3.99. The van der Waals surface area contributed by atoms with Gasteiger partial charge in [0.2, 0.25) is 0 Å². The Kier molecular flexibility index (Phi) is 3.14. The van der Waals surface area contributed by atoms with Gasteiger partial charge in [-0.1, -0.05) is 13.0 Å². The van der Waals surface area contributed by atoms with E-state index in [1.54, 1.807) is 0 Å². The van der Waals surface area contributed by atoms with Crippen molar-refractivity contribution < 1.29 is 0 Å². The Morgan fingerprint density at radius 3 is 3.36 bits per heavy atom. The van der Waals surface area contributed by atoms with Gasteiger partial charge in [0.1, 0.15) is 0 Å². The average molecular weight is 190 g/mol. The Hall–Kier alpha value is -0.890. The number of fused-ring (bicyclic) bond motifs is 1. The molecule has 14 heavy (non-hydrogen) atoms. The third kappa shape index (κ3) is 1.95. The molecule has 0 saturated heterocycles. The molecule has 0 spiro atoms. The first kappa shape index (κ1) is 9.66. The maximum atomic E-state index is 4.48. The van der Waals surface area contributed by atoms with Crippen LogP contribution in [-0.2, 0) is 6.42 Å². The lowest BCUT2D eigenvalue weighted by atomic mass is 10.1. The molecule has 1 N–H and O–H groups in total. The molecule has 0 saturated carbocycles. The van der Waals surface area contributed by atoms with Crippen LogP contribution < -0.4 is 5.32 Å². The zero-order valence-electron chi connectivity index (χ0n) is 8.79. The maximum Gasteiger partial charge on any atom is 0.0479 e. The molecule has 0 amide bonds. The van der Waals surface area contributed by atoms with Crippen molar-refractivity contribution in [3.8, 4) is 0 Å². The highest BCUT2D eigenvalue weighted by Crippen LogP contribution is 2.30. The molecule has 76 valence electrons. The largest absolute Gasteiger partial charge is 0.316 e. The van der Waals surface area contributed by atoms with E-state index in [-0.39, 0.29) is 0 Å². The number of hydrogen-bond acceptors (Lipinski definition) is 2. The van der Waals surface area contributed by atoms with Crippen molar-refractivity contribution in [2.24, 2.45) is 0 Å². The lowest BCUT2D eigenvalue weighted by Crippen LogP contribution is -2.21. The van der Waals surface area contributed by atoms with Crippen LogP contribution in [0.5, 0.6) is 0 Å². The minimum Gasteiger partial charge on any atom is -0.316 e. The van der Waals surface area contributed by atoms with E-state index in [0.29, 0.717) is 5.92 Å². The minimum absolute atomic E-state index is 0.651. The van der Waals surface area contributed by atoms with Crippen LogP contribution in [0.25, 0.3) is 0 Å². The van der Waals surface area contributed by atoms with Gasteiger partial charge in [0, 0.05) is 24.4 Å². The normalized spacial score (nSPS) is 19.6. The van der Waals surface area contributed by atoms with Gasteiger partial charge in [0.25, 0.3) is 0 Å². The van der Waals surface area contributed by atoms with Gasteiger partial charge < -0.3 is 5.32 Å². The number of aryl methyl sites for hydroxylation is 1. The average Bonchev–Trinajstić information content (AvgIpc) is 2.63. The van der Waals surface area contributed by atoms with Crippen LogP contribution in [0, 0.1) is 0 Å². The fourth-order valence-corrected chi connectivity index (χ4v) is 2.15. The second kappa shape index (κ2) is 4.56. The van der Waals surface area contributed by atoms with E-state index < -0.39 is 0 Å². The van der Waals surface area contributed by atoms with E-state index in [0.717, 1.165) is 13.1 Å². The Balaban J connectivity index is 1.96. The van der Waals surface area contributed by atoms with Crippen LogP contribution in [0.2, 0.25) is 0 Å². The molecule has 1 atom stereocenters. The van der Waals surface area contributed by atoms with E-state index in [1.807, 2.05) is 12.3 Å². The summed E-state index contributed by atoms with van der Waals surface area (Å²) >= 11 is 0. The maximum absolute atomic E-state index is 4.48. The third-order valence-electron chi connectivity index (χ3n) is 2.89. The molecule has 0 aromatic carbocycles. The quantitative estimate of drug-likeness (QED) is 0.736. The summed E-state index contributed by atoms with van der Waals surface area (Å²) in [7, 11) is 0. The van der Waals surface area contributed by atoms with Gasteiger partial charge in [-0.15, -0.1) is 0 Å². The fourth-order valence-electron chi connectivity index (χ4n) is 2.15. The lowest BCUT2D eigenvalue weighted by Gasteiger charge is -2.10. The number of rotatable bonds is 4. The lowest BCUT2D eigenvalue weighted by molar-refractivity contribution is 0.568. The van der Waals surface area contributed by atoms with Gasteiger partial charge in [-0.05, 0) is 37.4 Å². The van der Waals surface area contributed by atoms with Crippen LogP contribution in [-0.4, -0.2) is 18.1 Å². The monoisotopic (exact) mass is 190 g/mol. The summed E-state index contributed by atoms with van der Waals surface area (Å²) in [6, 6.07) is 4.25. The molecule has 2 rings (SSSR count). The summed E-state index contributed by atoms with van der Waals surface area (Å²) in [5, 5.41) is 3.48. The summed E-state index contributed by atoms with van der Waals surface area (Å²) in [6.07, 6.45) is 5.60. The number of nitrogens with zero attached hydrogens (tertiary/aromatic N) is 1. The molecule has 1 aromatic rings. The predicted molar refractivity (Wildman–Crippen MR) is 58.5 cm³/mol. The van der Waals surface area contributed by atoms with Crippen molar-refractivity contribution in [3.63, 3.8) is 0 Å². The standard InChI is InChI=1S/C12H18N2/c1-2-7-13-9-11-6-5-10-4-3-8-14-12(10)11/h3-4,8,11,13H,2,5-7,9H2,1H3. The van der Waals surface area contributed by atoms with Gasteiger partial charge in [-0.2, -0.15) is 0 Å². The zero-order valence-corrected chi connectivity index (χ0v) is 8.79. The molecule has 1 aromatic heterocycles. The Morgan fingerprint density at radius 2 is 2.50 bits per heavy atom. The summed E-state index contributed by atoms with van der Waals surface area (Å²) in [6.45, 7) is 4.42. The number of pyridine rings is 1. The first-order chi connectivity index (χ1) is 6.92. The number of hydrogen-bond donors (Lipinski definition) is 1. The first-order valence-corrected chi connectivity index (χ1v) is 5.56. The molecule has 0 fully saturated rings. The highest BCUT2D eigenvalue weighted by atomic mass is 14.9. The van der Waals surface area contributed by atoms with Crippen molar-refractivity contribution in [2.45, 2.75) is 32.1 Å².